The Kier molecular flexibility index (Phi) is 6.23. The van der Waals surface area contributed by atoms with Crippen LogP contribution in [-0.4, -0.2) is 34.9 Å². The summed E-state index contributed by atoms with van der Waals surface area (Å²) in [5, 5.41) is 20.9. The molecule has 1 heterocycles. The number of aromatic hydroxyl groups is 1. The topological polar surface area (TPSA) is 88.4 Å². The highest BCUT2D eigenvalue weighted by Crippen LogP contribution is 2.41. The molecule has 6 nitrogen and oxygen atoms in total. The fourth-order valence-corrected chi connectivity index (χ4v) is 3.58. The van der Waals surface area contributed by atoms with Crippen molar-refractivity contribution in [2.75, 3.05) is 13.7 Å². The van der Waals surface area contributed by atoms with Crippen molar-refractivity contribution in [3.8, 4) is 11.5 Å². The summed E-state index contributed by atoms with van der Waals surface area (Å²) in [6.45, 7) is 1.74. The van der Waals surface area contributed by atoms with Crippen molar-refractivity contribution < 1.29 is 28.9 Å². The van der Waals surface area contributed by atoms with Gasteiger partial charge in [-0.05, 0) is 37.3 Å². The van der Waals surface area contributed by atoms with Gasteiger partial charge in [0.15, 0.2) is 0 Å². The number of carbonyl (C=O) groups is 1. The molecule has 0 atom stereocenters. The second-order valence-electron chi connectivity index (χ2n) is 5.85. The van der Waals surface area contributed by atoms with Crippen LogP contribution in [0.1, 0.15) is 12.5 Å². The Morgan fingerprint density at radius 3 is 2.66 bits per heavy atom. The molecule has 1 aliphatic heterocycles. The Morgan fingerprint density at radius 2 is 2.00 bits per heavy atom. The maximum Gasteiger partial charge on any atom is 0.344 e. The number of methoxy groups -OCH3 is 1. The van der Waals surface area contributed by atoms with E-state index in [1.54, 1.807) is 25.1 Å². The van der Waals surface area contributed by atoms with Crippen LogP contribution in [0.2, 0.25) is 0 Å². The molecule has 0 unspecified atom stereocenters. The van der Waals surface area contributed by atoms with Gasteiger partial charge in [-0.2, -0.15) is 0 Å². The molecule has 0 saturated heterocycles. The fourth-order valence-electron chi connectivity index (χ4n) is 2.56. The van der Waals surface area contributed by atoms with Gasteiger partial charge < -0.3 is 19.7 Å². The zero-order valence-corrected chi connectivity index (χ0v) is 16.5. The minimum Gasteiger partial charge on any atom is -0.507 e. The first-order valence-electron chi connectivity index (χ1n) is 8.65. The lowest BCUT2D eigenvalue weighted by atomic mass is 10.1. The minimum absolute atomic E-state index is 0.0261. The van der Waals surface area contributed by atoms with E-state index < -0.39 is 11.8 Å². The van der Waals surface area contributed by atoms with Gasteiger partial charge in [-0.15, -0.1) is 0 Å². The van der Waals surface area contributed by atoms with Crippen molar-refractivity contribution in [3.05, 3.63) is 70.1 Å². The van der Waals surface area contributed by atoms with Crippen LogP contribution < -0.4 is 4.74 Å². The van der Waals surface area contributed by atoms with Gasteiger partial charge in [0.05, 0.1) is 18.6 Å². The van der Waals surface area contributed by atoms with Gasteiger partial charge in [-0.1, -0.05) is 23.9 Å². The Labute approximate surface area is 171 Å². The molecule has 29 heavy (non-hydrogen) atoms. The van der Waals surface area contributed by atoms with Crippen LogP contribution >= 0.6 is 11.8 Å². The third-order valence-corrected chi connectivity index (χ3v) is 4.99. The zero-order chi connectivity index (χ0) is 21.0. The quantitative estimate of drug-likeness (QED) is 0.686. The Morgan fingerprint density at radius 1 is 1.24 bits per heavy atom. The molecule has 0 aromatic heterocycles. The Hall–Kier alpha value is -3.26. The normalized spacial score (nSPS) is 16.5. The minimum atomic E-state index is -0.769. The van der Waals surface area contributed by atoms with Crippen LogP contribution in [-0.2, 0) is 9.53 Å². The first-order chi connectivity index (χ1) is 13.9. The number of nitrogens with zero attached hydrogens (tertiary/aromatic N) is 1. The van der Waals surface area contributed by atoms with E-state index in [0.717, 1.165) is 11.8 Å². The average molecular weight is 415 g/mol. The van der Waals surface area contributed by atoms with E-state index in [-0.39, 0.29) is 39.3 Å². The Balaban J connectivity index is 2.07. The molecule has 2 N–H and O–H groups in total. The molecule has 8 heteroatoms. The molecular weight excluding hydrogens is 397 g/mol. The third kappa shape index (κ3) is 4.43. The van der Waals surface area contributed by atoms with E-state index in [1.165, 1.54) is 37.5 Å². The number of benzene rings is 2. The predicted molar refractivity (Wildman–Crippen MR) is 110 cm³/mol. The monoisotopic (exact) mass is 415 g/mol. The lowest BCUT2D eigenvalue weighted by molar-refractivity contribution is -0.138. The summed E-state index contributed by atoms with van der Waals surface area (Å²) in [5.74, 6) is -1.28. The van der Waals surface area contributed by atoms with Gasteiger partial charge in [0, 0.05) is 11.6 Å². The second-order valence-corrected chi connectivity index (χ2v) is 6.88. The van der Waals surface area contributed by atoms with Crippen molar-refractivity contribution >= 4 is 34.5 Å². The molecule has 0 fully saturated rings. The Bertz CT molecular complexity index is 1050. The molecule has 0 spiro atoms. The molecular formula is C21H18FNO5S. The van der Waals surface area contributed by atoms with Crippen LogP contribution in [0.4, 0.5) is 10.1 Å². The van der Waals surface area contributed by atoms with Crippen molar-refractivity contribution in [2.45, 2.75) is 6.92 Å². The van der Waals surface area contributed by atoms with Crippen molar-refractivity contribution in [1.82, 2.24) is 0 Å². The van der Waals surface area contributed by atoms with E-state index in [0.29, 0.717) is 11.3 Å². The highest BCUT2D eigenvalue weighted by Gasteiger charge is 2.33. The smallest absolute Gasteiger partial charge is 0.344 e. The van der Waals surface area contributed by atoms with Gasteiger partial charge in [-0.3, -0.25) is 0 Å². The number of phenolic OH excluding ortho intramolecular Hbond substituents is 1. The number of aliphatic hydroxyl groups is 1. The van der Waals surface area contributed by atoms with Gasteiger partial charge >= 0.3 is 5.97 Å². The van der Waals surface area contributed by atoms with Crippen LogP contribution in [0.15, 0.2) is 63.7 Å². The summed E-state index contributed by atoms with van der Waals surface area (Å²) in [4.78, 5) is 16.8. The number of aliphatic imine (C=N–C) groups is 1. The summed E-state index contributed by atoms with van der Waals surface area (Å²) < 4.78 is 24.1. The molecule has 0 amide bonds. The highest BCUT2D eigenvalue weighted by molar-refractivity contribution is 8.18. The molecule has 0 aliphatic carbocycles. The summed E-state index contributed by atoms with van der Waals surface area (Å²) in [7, 11) is 1.48. The number of halogens is 1. The van der Waals surface area contributed by atoms with Gasteiger partial charge in [0.25, 0.3) is 0 Å². The second kappa shape index (κ2) is 8.83. The summed E-state index contributed by atoms with van der Waals surface area (Å²) in [6, 6.07) is 10.5. The number of aliphatic hydroxyl groups excluding tert-OH is 1. The maximum atomic E-state index is 14.0. The molecule has 150 valence electrons. The standard InChI is InChI=1S/C21H18FNO5S/c1-3-28-21(26)18-19(25)17(10-12-8-9-13(27-2)11-16(12)24)29-20(18)23-15-7-5-4-6-14(15)22/h4-11,24-25H,3H2,1-2H3/b17-10+,23-20?. The van der Waals surface area contributed by atoms with Crippen LogP contribution in [0, 0.1) is 5.82 Å². The third-order valence-electron chi connectivity index (χ3n) is 3.97. The summed E-state index contributed by atoms with van der Waals surface area (Å²) in [5.41, 5.74) is 0.271. The summed E-state index contributed by atoms with van der Waals surface area (Å²) >= 11 is 0.975. The van der Waals surface area contributed by atoms with Crippen LogP contribution in [0.25, 0.3) is 6.08 Å². The zero-order valence-electron chi connectivity index (χ0n) is 15.7. The van der Waals surface area contributed by atoms with E-state index in [2.05, 4.69) is 4.99 Å². The van der Waals surface area contributed by atoms with Crippen molar-refractivity contribution in [2.24, 2.45) is 4.99 Å². The fraction of sp³-hybridized carbons (Fsp3) is 0.143. The predicted octanol–water partition coefficient (Wildman–Crippen LogP) is 4.73. The molecule has 2 aromatic carbocycles. The summed E-state index contributed by atoms with van der Waals surface area (Å²) in [6.07, 6.45) is 1.50. The van der Waals surface area contributed by atoms with E-state index in [4.69, 9.17) is 9.47 Å². The largest absolute Gasteiger partial charge is 0.507 e. The molecule has 1 aliphatic rings. The van der Waals surface area contributed by atoms with Crippen LogP contribution in [0.3, 0.4) is 0 Å². The van der Waals surface area contributed by atoms with Crippen LogP contribution in [0.5, 0.6) is 11.5 Å². The first kappa shape index (κ1) is 20.5. The lowest BCUT2D eigenvalue weighted by Gasteiger charge is -2.04. The van der Waals surface area contributed by atoms with Gasteiger partial charge in [0.1, 0.15) is 39.4 Å². The lowest BCUT2D eigenvalue weighted by Crippen LogP contribution is -2.12. The average Bonchev–Trinajstić information content (AvgIpc) is 3.00. The number of ether oxygens (including phenoxy) is 2. The highest BCUT2D eigenvalue weighted by atomic mass is 32.2. The number of hydrogen-bond donors (Lipinski definition) is 2. The maximum absolute atomic E-state index is 14.0. The van der Waals surface area contributed by atoms with Gasteiger partial charge in [-0.25, -0.2) is 14.2 Å². The van der Waals surface area contributed by atoms with E-state index in [9.17, 15) is 19.4 Å². The molecule has 0 saturated carbocycles. The number of hydrogen-bond acceptors (Lipinski definition) is 7. The number of thioether (sulfide) groups is 1. The SMILES string of the molecule is CCOC(=O)C1=C(O)/C(=C\c2ccc(OC)cc2O)SC1=Nc1ccccc1F. The molecule has 0 bridgehead atoms. The number of esters is 1. The van der Waals surface area contributed by atoms with E-state index >= 15 is 0 Å². The number of rotatable bonds is 5. The van der Waals surface area contributed by atoms with E-state index in [1.807, 2.05) is 0 Å². The van der Waals surface area contributed by atoms with Gasteiger partial charge in [0.2, 0.25) is 0 Å². The molecule has 0 radical (unpaired) electrons. The number of phenols is 1. The number of carbonyl (C=O) groups excluding carboxylic acids is 1. The van der Waals surface area contributed by atoms with Crippen molar-refractivity contribution in [1.29, 1.82) is 0 Å². The first-order valence-corrected chi connectivity index (χ1v) is 9.47. The number of para-hydroxylation sites is 1. The van der Waals surface area contributed by atoms with Crippen molar-refractivity contribution in [3.63, 3.8) is 0 Å². The molecule has 3 rings (SSSR count). The molecule has 2 aromatic rings.